The minimum atomic E-state index is -0.0292. The molecule has 3 aliphatic rings. The fourth-order valence-corrected chi connectivity index (χ4v) is 4.62. The molecule has 8 heteroatoms. The number of likely N-dealkylation sites (tertiary alicyclic amines) is 2. The van der Waals surface area contributed by atoms with E-state index in [1.165, 1.54) is 0 Å². The third kappa shape index (κ3) is 4.06. The van der Waals surface area contributed by atoms with Crippen molar-refractivity contribution >= 4 is 11.8 Å². The molecule has 2 amide bonds. The standard InChI is InChI=1S/C20H31N5O3/c1-13(2)19(27)24-8-6-20(7-9-24)10-16(18-21-14(3)23-28-18)25(12-20)11-17(26)22-15-4-5-15/h13,15-16H,4-12H2,1-3H3,(H,22,26). The molecule has 154 valence electrons. The normalized spacial score (nSPS) is 24.9. The molecular formula is C20H31N5O3. The zero-order chi connectivity index (χ0) is 19.9. The van der Waals surface area contributed by atoms with E-state index in [-0.39, 0.29) is 29.2 Å². The molecule has 2 aliphatic heterocycles. The van der Waals surface area contributed by atoms with Gasteiger partial charge in [0.1, 0.15) is 0 Å². The van der Waals surface area contributed by atoms with Crippen LogP contribution in [0.1, 0.15) is 63.7 Å². The first kappa shape index (κ1) is 19.4. The Hall–Kier alpha value is -1.96. The van der Waals surface area contributed by atoms with E-state index < -0.39 is 0 Å². The van der Waals surface area contributed by atoms with Crippen LogP contribution < -0.4 is 5.32 Å². The predicted octanol–water partition coefficient (Wildman–Crippen LogP) is 1.67. The van der Waals surface area contributed by atoms with Gasteiger partial charge in [0.2, 0.25) is 17.7 Å². The molecule has 4 rings (SSSR count). The van der Waals surface area contributed by atoms with Gasteiger partial charge in [-0.05, 0) is 44.4 Å². The Morgan fingerprint density at radius 3 is 2.57 bits per heavy atom. The van der Waals surface area contributed by atoms with Crippen molar-refractivity contribution in [3.05, 3.63) is 11.7 Å². The van der Waals surface area contributed by atoms with Gasteiger partial charge in [-0.3, -0.25) is 14.5 Å². The summed E-state index contributed by atoms with van der Waals surface area (Å²) in [7, 11) is 0. The van der Waals surface area contributed by atoms with Gasteiger partial charge in [-0.1, -0.05) is 19.0 Å². The minimum Gasteiger partial charge on any atom is -0.352 e. The number of nitrogens with zero attached hydrogens (tertiary/aromatic N) is 4. The van der Waals surface area contributed by atoms with Crippen molar-refractivity contribution in [1.29, 1.82) is 0 Å². The van der Waals surface area contributed by atoms with Crippen LogP contribution in [0.3, 0.4) is 0 Å². The number of amides is 2. The summed E-state index contributed by atoms with van der Waals surface area (Å²) in [5.74, 6) is 1.57. The van der Waals surface area contributed by atoms with Crippen molar-refractivity contribution in [2.45, 2.75) is 65.0 Å². The van der Waals surface area contributed by atoms with Gasteiger partial charge in [0.25, 0.3) is 0 Å². The molecule has 0 aromatic carbocycles. The minimum absolute atomic E-state index is 0.0292. The average Bonchev–Trinajstić information content (AvgIpc) is 3.25. The summed E-state index contributed by atoms with van der Waals surface area (Å²) >= 11 is 0. The highest BCUT2D eigenvalue weighted by molar-refractivity contribution is 5.79. The van der Waals surface area contributed by atoms with Crippen LogP contribution in [0.25, 0.3) is 0 Å². The van der Waals surface area contributed by atoms with Gasteiger partial charge < -0.3 is 14.7 Å². The molecule has 3 fully saturated rings. The van der Waals surface area contributed by atoms with Gasteiger partial charge in [0.05, 0.1) is 12.6 Å². The Kier molecular flexibility index (Phi) is 5.16. The largest absolute Gasteiger partial charge is 0.352 e. The van der Waals surface area contributed by atoms with Crippen LogP contribution in [-0.4, -0.2) is 64.0 Å². The van der Waals surface area contributed by atoms with Crippen LogP contribution in [-0.2, 0) is 9.59 Å². The number of rotatable bonds is 5. The van der Waals surface area contributed by atoms with E-state index >= 15 is 0 Å². The second kappa shape index (κ2) is 7.46. The number of aryl methyl sites for hydroxylation is 1. The molecule has 8 nitrogen and oxygen atoms in total. The third-order valence-electron chi connectivity index (χ3n) is 6.35. The van der Waals surface area contributed by atoms with Gasteiger partial charge in [-0.15, -0.1) is 0 Å². The second-order valence-electron chi connectivity index (χ2n) is 9.13. The van der Waals surface area contributed by atoms with E-state index in [4.69, 9.17) is 4.52 Å². The van der Waals surface area contributed by atoms with Crippen LogP contribution in [0.2, 0.25) is 0 Å². The molecule has 1 aliphatic carbocycles. The van der Waals surface area contributed by atoms with E-state index in [1.807, 2.05) is 25.7 Å². The van der Waals surface area contributed by atoms with E-state index in [0.717, 1.165) is 51.7 Å². The highest BCUT2D eigenvalue weighted by Gasteiger charge is 2.48. The zero-order valence-electron chi connectivity index (χ0n) is 17.1. The maximum atomic E-state index is 12.4. The lowest BCUT2D eigenvalue weighted by Crippen LogP contribution is -2.46. The number of nitrogens with one attached hydrogen (secondary N) is 1. The van der Waals surface area contributed by atoms with E-state index in [2.05, 4.69) is 20.4 Å². The van der Waals surface area contributed by atoms with Gasteiger partial charge in [-0.2, -0.15) is 4.98 Å². The first-order chi connectivity index (χ1) is 13.3. The lowest BCUT2D eigenvalue weighted by atomic mass is 9.76. The Labute approximate surface area is 166 Å². The van der Waals surface area contributed by atoms with Crippen molar-refractivity contribution in [1.82, 2.24) is 25.3 Å². The summed E-state index contributed by atoms with van der Waals surface area (Å²) in [6.07, 6.45) is 4.98. The molecule has 1 spiro atoms. The molecular weight excluding hydrogens is 358 g/mol. The SMILES string of the molecule is Cc1noc(C2CC3(CCN(C(=O)C(C)C)CC3)CN2CC(=O)NC2CC2)n1. The Bertz CT molecular complexity index is 734. The van der Waals surface area contributed by atoms with Gasteiger partial charge in [0, 0.05) is 31.6 Å². The van der Waals surface area contributed by atoms with Gasteiger partial charge >= 0.3 is 0 Å². The summed E-state index contributed by atoms with van der Waals surface area (Å²) < 4.78 is 5.48. The van der Waals surface area contributed by atoms with Crippen molar-refractivity contribution < 1.29 is 14.1 Å². The van der Waals surface area contributed by atoms with Gasteiger partial charge in [-0.25, -0.2) is 0 Å². The molecule has 0 radical (unpaired) electrons. The number of carbonyl (C=O) groups excluding carboxylic acids is 2. The lowest BCUT2D eigenvalue weighted by Gasteiger charge is -2.40. The van der Waals surface area contributed by atoms with Crippen LogP contribution in [0, 0.1) is 18.3 Å². The molecule has 1 aromatic heterocycles. The lowest BCUT2D eigenvalue weighted by molar-refractivity contribution is -0.136. The predicted molar refractivity (Wildman–Crippen MR) is 102 cm³/mol. The molecule has 3 heterocycles. The van der Waals surface area contributed by atoms with Crippen LogP contribution in [0.4, 0.5) is 0 Å². The maximum Gasteiger partial charge on any atom is 0.244 e. The summed E-state index contributed by atoms with van der Waals surface area (Å²) in [5.41, 5.74) is 0.0979. The van der Waals surface area contributed by atoms with Crippen molar-refractivity contribution in [2.75, 3.05) is 26.2 Å². The topological polar surface area (TPSA) is 91.6 Å². The number of piperidine rings is 1. The molecule has 1 aromatic rings. The van der Waals surface area contributed by atoms with E-state index in [0.29, 0.717) is 24.3 Å². The highest BCUT2D eigenvalue weighted by Crippen LogP contribution is 2.48. The average molecular weight is 390 g/mol. The first-order valence-electron chi connectivity index (χ1n) is 10.5. The Balaban J connectivity index is 1.46. The van der Waals surface area contributed by atoms with Crippen LogP contribution >= 0.6 is 0 Å². The monoisotopic (exact) mass is 389 g/mol. The first-order valence-corrected chi connectivity index (χ1v) is 10.5. The Morgan fingerprint density at radius 2 is 2.00 bits per heavy atom. The molecule has 2 saturated heterocycles. The van der Waals surface area contributed by atoms with E-state index in [1.54, 1.807) is 0 Å². The highest BCUT2D eigenvalue weighted by atomic mass is 16.5. The molecule has 28 heavy (non-hydrogen) atoms. The molecule has 1 saturated carbocycles. The van der Waals surface area contributed by atoms with Crippen LogP contribution in [0.5, 0.6) is 0 Å². The quantitative estimate of drug-likeness (QED) is 0.824. The zero-order valence-corrected chi connectivity index (χ0v) is 17.1. The van der Waals surface area contributed by atoms with Crippen molar-refractivity contribution in [3.8, 4) is 0 Å². The Morgan fingerprint density at radius 1 is 1.29 bits per heavy atom. The number of hydrogen-bond acceptors (Lipinski definition) is 6. The summed E-state index contributed by atoms with van der Waals surface area (Å²) in [5, 5.41) is 7.04. The van der Waals surface area contributed by atoms with E-state index in [9.17, 15) is 9.59 Å². The number of carbonyl (C=O) groups is 2. The summed E-state index contributed by atoms with van der Waals surface area (Å²) in [4.78, 5) is 33.4. The molecule has 0 bridgehead atoms. The third-order valence-corrected chi connectivity index (χ3v) is 6.35. The fraction of sp³-hybridized carbons (Fsp3) is 0.800. The second-order valence-corrected chi connectivity index (χ2v) is 9.13. The van der Waals surface area contributed by atoms with Gasteiger partial charge in [0.15, 0.2) is 5.82 Å². The van der Waals surface area contributed by atoms with Crippen molar-refractivity contribution in [3.63, 3.8) is 0 Å². The molecule has 1 unspecified atom stereocenters. The number of aromatic nitrogens is 2. The molecule has 1 atom stereocenters. The van der Waals surface area contributed by atoms with Crippen LogP contribution in [0.15, 0.2) is 4.52 Å². The fourth-order valence-electron chi connectivity index (χ4n) is 4.62. The maximum absolute atomic E-state index is 12.4. The molecule has 1 N–H and O–H groups in total. The smallest absolute Gasteiger partial charge is 0.244 e. The summed E-state index contributed by atoms with van der Waals surface area (Å²) in [6.45, 7) is 8.49. The number of hydrogen-bond donors (Lipinski definition) is 1. The summed E-state index contributed by atoms with van der Waals surface area (Å²) in [6, 6.07) is 0.331. The van der Waals surface area contributed by atoms with Crippen molar-refractivity contribution in [2.24, 2.45) is 11.3 Å².